The van der Waals surface area contributed by atoms with Crippen molar-refractivity contribution >= 4 is 34.9 Å². The zero-order chi connectivity index (χ0) is 25.8. The lowest BCUT2D eigenvalue weighted by atomic mass is 9.98. The van der Waals surface area contributed by atoms with Gasteiger partial charge in [-0.3, -0.25) is 14.4 Å². The minimum absolute atomic E-state index is 0.0856. The molecule has 3 aromatic rings. The molecule has 8 nitrogen and oxygen atoms in total. The van der Waals surface area contributed by atoms with E-state index in [0.717, 1.165) is 18.2 Å². The molecule has 0 saturated carbocycles. The lowest BCUT2D eigenvalue weighted by Crippen LogP contribution is -2.51. The fraction of sp³-hybridized carbons (Fsp3) is 0.280. The molecule has 3 amide bonds. The van der Waals surface area contributed by atoms with Crippen LogP contribution in [0.5, 0.6) is 0 Å². The standard InChI is InChI=1S/C25H23F3N4O4/c26-15-3-1-2-13(8-15)9-20(24(35)30-16(12-33)10-14-6-7-29-23(14)34)32-25(36)21-11-17-18(27)4-5-19(28)22(17)31-21/h1-5,8,11-12,14,16,20,31H,6-7,9-10H2,(H,29,34)(H,30,35)(H,32,36)/t14-,16-,20-/m0/s1. The Bertz CT molecular complexity index is 1290. The molecule has 3 atom stereocenters. The summed E-state index contributed by atoms with van der Waals surface area (Å²) >= 11 is 0. The Morgan fingerprint density at radius 2 is 1.86 bits per heavy atom. The molecule has 0 unspecified atom stereocenters. The maximum atomic E-state index is 14.1. The van der Waals surface area contributed by atoms with Gasteiger partial charge >= 0.3 is 0 Å². The number of aldehydes is 1. The van der Waals surface area contributed by atoms with E-state index in [1.54, 1.807) is 6.07 Å². The molecule has 1 aliphatic rings. The number of rotatable bonds is 9. The molecule has 188 valence electrons. The zero-order valence-electron chi connectivity index (χ0n) is 18.9. The van der Waals surface area contributed by atoms with Crippen molar-refractivity contribution in [2.75, 3.05) is 6.54 Å². The second-order valence-corrected chi connectivity index (χ2v) is 8.62. The number of halogens is 3. The highest BCUT2D eigenvalue weighted by Gasteiger charge is 2.30. The smallest absolute Gasteiger partial charge is 0.268 e. The van der Waals surface area contributed by atoms with Crippen LogP contribution in [0.4, 0.5) is 13.2 Å². The van der Waals surface area contributed by atoms with E-state index in [0.29, 0.717) is 24.8 Å². The summed E-state index contributed by atoms with van der Waals surface area (Å²) in [6.45, 7) is 0.479. The van der Waals surface area contributed by atoms with Gasteiger partial charge in [0.1, 0.15) is 35.5 Å². The van der Waals surface area contributed by atoms with Crippen molar-refractivity contribution in [3.05, 3.63) is 71.2 Å². The molecule has 0 aliphatic carbocycles. The van der Waals surface area contributed by atoms with Crippen molar-refractivity contribution in [1.29, 1.82) is 0 Å². The van der Waals surface area contributed by atoms with E-state index in [1.165, 1.54) is 18.2 Å². The summed E-state index contributed by atoms with van der Waals surface area (Å²) in [4.78, 5) is 52.0. The molecule has 1 aliphatic heterocycles. The Labute approximate surface area is 203 Å². The Morgan fingerprint density at radius 1 is 1.08 bits per heavy atom. The highest BCUT2D eigenvalue weighted by molar-refractivity contribution is 6.00. The van der Waals surface area contributed by atoms with Crippen LogP contribution < -0.4 is 16.0 Å². The lowest BCUT2D eigenvalue weighted by Gasteiger charge is -2.22. The second-order valence-electron chi connectivity index (χ2n) is 8.62. The van der Waals surface area contributed by atoms with Crippen LogP contribution in [0.2, 0.25) is 0 Å². The molecular formula is C25H23F3N4O4. The first-order chi connectivity index (χ1) is 17.2. The van der Waals surface area contributed by atoms with E-state index in [4.69, 9.17) is 0 Å². The summed E-state index contributed by atoms with van der Waals surface area (Å²) in [5.41, 5.74) is -0.00948. The van der Waals surface area contributed by atoms with Crippen molar-refractivity contribution in [3.63, 3.8) is 0 Å². The normalized spacial score (nSPS) is 16.9. The van der Waals surface area contributed by atoms with Gasteiger partial charge in [0.05, 0.1) is 11.6 Å². The average Bonchev–Trinajstić information content (AvgIpc) is 3.48. The summed E-state index contributed by atoms with van der Waals surface area (Å²) in [5.74, 6) is -4.26. The predicted molar refractivity (Wildman–Crippen MR) is 123 cm³/mol. The van der Waals surface area contributed by atoms with Crippen molar-refractivity contribution in [2.45, 2.75) is 31.3 Å². The first-order valence-corrected chi connectivity index (χ1v) is 11.3. The van der Waals surface area contributed by atoms with Gasteiger partial charge < -0.3 is 25.7 Å². The molecule has 1 fully saturated rings. The molecule has 36 heavy (non-hydrogen) atoms. The maximum absolute atomic E-state index is 14.1. The van der Waals surface area contributed by atoms with Crippen LogP contribution in [0.1, 0.15) is 28.9 Å². The summed E-state index contributed by atoms with van der Waals surface area (Å²) in [5, 5.41) is 7.54. The highest BCUT2D eigenvalue weighted by atomic mass is 19.1. The van der Waals surface area contributed by atoms with Gasteiger partial charge in [-0.2, -0.15) is 0 Å². The van der Waals surface area contributed by atoms with Crippen LogP contribution in [0, 0.1) is 23.4 Å². The van der Waals surface area contributed by atoms with Crippen molar-refractivity contribution in [1.82, 2.24) is 20.9 Å². The molecule has 0 spiro atoms. The number of benzene rings is 2. The highest BCUT2D eigenvalue weighted by Crippen LogP contribution is 2.22. The van der Waals surface area contributed by atoms with Gasteiger partial charge in [-0.1, -0.05) is 12.1 Å². The molecule has 4 N–H and O–H groups in total. The van der Waals surface area contributed by atoms with E-state index >= 15 is 0 Å². The minimum atomic E-state index is -1.26. The molecule has 0 radical (unpaired) electrons. The van der Waals surface area contributed by atoms with Crippen LogP contribution in [-0.4, -0.2) is 47.6 Å². The van der Waals surface area contributed by atoms with Crippen LogP contribution in [0.15, 0.2) is 42.5 Å². The number of hydrogen-bond acceptors (Lipinski definition) is 4. The molecule has 4 rings (SSSR count). The summed E-state index contributed by atoms with van der Waals surface area (Å²) < 4.78 is 41.8. The fourth-order valence-electron chi connectivity index (χ4n) is 4.23. The van der Waals surface area contributed by atoms with E-state index in [1.807, 2.05) is 0 Å². The van der Waals surface area contributed by atoms with E-state index in [9.17, 15) is 32.3 Å². The lowest BCUT2D eigenvalue weighted by molar-refractivity contribution is -0.127. The SMILES string of the molecule is O=C[C@H](C[C@@H]1CCNC1=O)NC(=O)[C@H](Cc1cccc(F)c1)NC(=O)c1cc2c(F)ccc(F)c2[nH]1. The fourth-order valence-corrected chi connectivity index (χ4v) is 4.23. The second kappa shape index (κ2) is 10.6. The third kappa shape index (κ3) is 5.56. The molecule has 2 heterocycles. The number of carbonyl (C=O) groups is 4. The third-order valence-electron chi connectivity index (χ3n) is 6.08. The van der Waals surface area contributed by atoms with E-state index < -0.39 is 47.3 Å². The topological polar surface area (TPSA) is 120 Å². The number of H-pyrrole nitrogens is 1. The van der Waals surface area contributed by atoms with Gasteiger partial charge in [-0.05, 0) is 48.7 Å². The molecule has 0 bridgehead atoms. The number of nitrogens with one attached hydrogen (secondary N) is 4. The monoisotopic (exact) mass is 500 g/mol. The average molecular weight is 500 g/mol. The van der Waals surface area contributed by atoms with Crippen LogP contribution in [-0.2, 0) is 20.8 Å². The predicted octanol–water partition coefficient (Wildman–Crippen LogP) is 2.14. The number of aromatic nitrogens is 1. The third-order valence-corrected chi connectivity index (χ3v) is 6.08. The van der Waals surface area contributed by atoms with E-state index in [-0.39, 0.29) is 35.3 Å². The molecule has 11 heteroatoms. The van der Waals surface area contributed by atoms with Gasteiger partial charge in [0.2, 0.25) is 11.8 Å². The first-order valence-electron chi connectivity index (χ1n) is 11.3. The van der Waals surface area contributed by atoms with Crippen LogP contribution >= 0.6 is 0 Å². The number of fused-ring (bicyclic) bond motifs is 1. The Morgan fingerprint density at radius 3 is 2.53 bits per heavy atom. The van der Waals surface area contributed by atoms with Gasteiger partial charge in [0.15, 0.2) is 0 Å². The van der Waals surface area contributed by atoms with Gasteiger partial charge in [0, 0.05) is 24.3 Å². The minimum Gasteiger partial charge on any atom is -0.356 e. The molecule has 2 aromatic carbocycles. The summed E-state index contributed by atoms with van der Waals surface area (Å²) in [7, 11) is 0. The molecule has 1 saturated heterocycles. The van der Waals surface area contributed by atoms with E-state index in [2.05, 4.69) is 20.9 Å². The van der Waals surface area contributed by atoms with Crippen LogP contribution in [0.3, 0.4) is 0 Å². The maximum Gasteiger partial charge on any atom is 0.268 e. The quantitative estimate of drug-likeness (QED) is 0.337. The number of amides is 3. The van der Waals surface area contributed by atoms with Gasteiger partial charge in [-0.25, -0.2) is 13.2 Å². The number of aromatic amines is 1. The van der Waals surface area contributed by atoms with Crippen molar-refractivity contribution in [2.24, 2.45) is 5.92 Å². The Hall–Kier alpha value is -4.15. The number of hydrogen-bond donors (Lipinski definition) is 4. The summed E-state index contributed by atoms with van der Waals surface area (Å²) in [6, 6.07) is 6.13. The van der Waals surface area contributed by atoms with Gasteiger partial charge in [-0.15, -0.1) is 0 Å². The van der Waals surface area contributed by atoms with Gasteiger partial charge in [0.25, 0.3) is 5.91 Å². The summed E-state index contributed by atoms with van der Waals surface area (Å²) in [6.07, 6.45) is 0.986. The number of carbonyl (C=O) groups excluding carboxylic acids is 4. The van der Waals surface area contributed by atoms with Crippen molar-refractivity contribution < 1.29 is 32.3 Å². The Balaban J connectivity index is 1.55. The first kappa shape index (κ1) is 25.0. The molecular weight excluding hydrogens is 477 g/mol. The van der Waals surface area contributed by atoms with Crippen LogP contribution in [0.25, 0.3) is 10.9 Å². The largest absolute Gasteiger partial charge is 0.356 e. The Kier molecular flexibility index (Phi) is 7.37. The molecule has 1 aromatic heterocycles. The van der Waals surface area contributed by atoms with Crippen molar-refractivity contribution in [3.8, 4) is 0 Å². The zero-order valence-corrected chi connectivity index (χ0v) is 18.9.